The maximum atomic E-state index is 2.52. The second-order valence-corrected chi connectivity index (χ2v) is 6.15. The summed E-state index contributed by atoms with van der Waals surface area (Å²) in [6.45, 7) is 11.8. The third-order valence-electron chi connectivity index (χ3n) is 3.66. The molecule has 2 nitrogen and oxygen atoms in total. The van der Waals surface area contributed by atoms with Crippen LogP contribution in [0, 0.1) is 0 Å². The molecule has 1 aliphatic rings. The first kappa shape index (κ1) is 13.3. The molecule has 3 heteroatoms. The average molecular weight is 230 g/mol. The van der Waals surface area contributed by atoms with Crippen molar-refractivity contribution < 1.29 is 0 Å². The van der Waals surface area contributed by atoms with Crippen LogP contribution in [0.4, 0.5) is 0 Å². The third-order valence-corrected chi connectivity index (χ3v) is 5.18. The summed E-state index contributed by atoms with van der Waals surface area (Å²) >= 11 is 2.13. The van der Waals surface area contributed by atoms with E-state index in [2.05, 4.69) is 49.4 Å². The van der Waals surface area contributed by atoms with Crippen LogP contribution in [0.15, 0.2) is 0 Å². The lowest BCUT2D eigenvalue weighted by molar-refractivity contribution is 0.223. The van der Waals surface area contributed by atoms with E-state index in [-0.39, 0.29) is 0 Å². The molecule has 0 aromatic carbocycles. The molecule has 0 radical (unpaired) electrons. The Labute approximate surface area is 99.4 Å². The molecular formula is C12H26N2S. The Balaban J connectivity index is 2.24. The van der Waals surface area contributed by atoms with Gasteiger partial charge in [-0.05, 0) is 46.4 Å². The van der Waals surface area contributed by atoms with E-state index in [0.29, 0.717) is 4.87 Å². The van der Waals surface area contributed by atoms with Gasteiger partial charge in [-0.2, -0.15) is 0 Å². The molecule has 0 N–H and O–H groups in total. The van der Waals surface area contributed by atoms with Gasteiger partial charge in [-0.15, -0.1) is 11.8 Å². The Bertz CT molecular complexity index is 182. The maximum absolute atomic E-state index is 2.52. The predicted molar refractivity (Wildman–Crippen MR) is 70.5 cm³/mol. The smallest absolute Gasteiger partial charge is 0.0640 e. The van der Waals surface area contributed by atoms with E-state index in [1.807, 2.05) is 0 Å². The molecule has 0 spiro atoms. The summed E-state index contributed by atoms with van der Waals surface area (Å²) < 4.78 is 0. The molecule has 1 saturated heterocycles. The van der Waals surface area contributed by atoms with Crippen molar-refractivity contribution in [2.75, 3.05) is 39.0 Å². The van der Waals surface area contributed by atoms with Crippen molar-refractivity contribution in [2.45, 2.75) is 38.5 Å². The topological polar surface area (TPSA) is 6.48 Å². The van der Waals surface area contributed by atoms with Gasteiger partial charge in [-0.25, -0.2) is 0 Å². The summed E-state index contributed by atoms with van der Waals surface area (Å²) in [5, 5.41) is 0. The van der Waals surface area contributed by atoms with E-state index in [0.717, 1.165) is 0 Å². The Kier molecular flexibility index (Phi) is 5.44. The highest BCUT2D eigenvalue weighted by Crippen LogP contribution is 2.37. The molecule has 0 aromatic heterocycles. The van der Waals surface area contributed by atoms with Crippen molar-refractivity contribution in [2.24, 2.45) is 0 Å². The summed E-state index contributed by atoms with van der Waals surface area (Å²) in [7, 11) is 2.26. The zero-order valence-corrected chi connectivity index (χ0v) is 11.6. The van der Waals surface area contributed by atoms with Crippen LogP contribution >= 0.6 is 11.8 Å². The van der Waals surface area contributed by atoms with Gasteiger partial charge in [0.25, 0.3) is 0 Å². The van der Waals surface area contributed by atoms with Crippen molar-refractivity contribution in [1.82, 2.24) is 9.80 Å². The minimum atomic E-state index is 0.410. The van der Waals surface area contributed by atoms with Crippen molar-refractivity contribution in [3.63, 3.8) is 0 Å². The molecule has 0 saturated carbocycles. The predicted octanol–water partition coefficient (Wildman–Crippen LogP) is 2.50. The normalized spacial score (nSPS) is 27.8. The number of nitrogens with zero attached hydrogens (tertiary/aromatic N) is 2. The Hall–Kier alpha value is 0.270. The fraction of sp³-hybridized carbons (Fsp3) is 1.00. The number of hydrogen-bond donors (Lipinski definition) is 0. The first-order chi connectivity index (χ1) is 7.12. The second kappa shape index (κ2) is 6.12. The Morgan fingerprint density at radius 3 is 2.47 bits per heavy atom. The fourth-order valence-electron chi connectivity index (χ4n) is 2.18. The van der Waals surface area contributed by atoms with Crippen LogP contribution in [-0.2, 0) is 0 Å². The highest BCUT2D eigenvalue weighted by Gasteiger charge is 2.33. The summed E-state index contributed by atoms with van der Waals surface area (Å²) in [5.41, 5.74) is 0. The molecule has 15 heavy (non-hydrogen) atoms. The van der Waals surface area contributed by atoms with Crippen molar-refractivity contribution in [1.29, 1.82) is 0 Å². The molecule has 0 amide bonds. The molecule has 90 valence electrons. The quantitative estimate of drug-likeness (QED) is 0.692. The lowest BCUT2D eigenvalue weighted by atomic mass is 10.1. The molecule has 1 rings (SSSR count). The van der Waals surface area contributed by atoms with Crippen LogP contribution in [0.3, 0.4) is 0 Å². The van der Waals surface area contributed by atoms with Gasteiger partial charge < -0.3 is 4.90 Å². The van der Waals surface area contributed by atoms with E-state index < -0.39 is 0 Å². The molecule has 0 aliphatic carbocycles. The molecule has 1 unspecified atom stereocenters. The van der Waals surface area contributed by atoms with Gasteiger partial charge in [0.2, 0.25) is 0 Å². The fourth-order valence-corrected chi connectivity index (χ4v) is 3.59. The molecular weight excluding hydrogens is 204 g/mol. The second-order valence-electron chi connectivity index (χ2n) is 4.58. The van der Waals surface area contributed by atoms with Crippen LogP contribution in [0.2, 0.25) is 0 Å². The van der Waals surface area contributed by atoms with Crippen molar-refractivity contribution in [3.05, 3.63) is 0 Å². The van der Waals surface area contributed by atoms with E-state index in [9.17, 15) is 0 Å². The highest BCUT2D eigenvalue weighted by molar-refractivity contribution is 8.00. The third kappa shape index (κ3) is 3.65. The molecule has 1 aliphatic heterocycles. The van der Waals surface area contributed by atoms with Crippen LogP contribution in [0.5, 0.6) is 0 Å². The van der Waals surface area contributed by atoms with Gasteiger partial charge >= 0.3 is 0 Å². The zero-order chi connectivity index (χ0) is 11.3. The number of hydrogen-bond acceptors (Lipinski definition) is 3. The lowest BCUT2D eigenvalue weighted by Crippen LogP contribution is -2.36. The van der Waals surface area contributed by atoms with Crippen molar-refractivity contribution >= 4 is 11.8 Å². The first-order valence-electron chi connectivity index (χ1n) is 6.20. The molecule has 1 heterocycles. The van der Waals surface area contributed by atoms with Gasteiger partial charge in [0.15, 0.2) is 0 Å². The van der Waals surface area contributed by atoms with Crippen LogP contribution in [0.1, 0.15) is 33.6 Å². The summed E-state index contributed by atoms with van der Waals surface area (Å²) in [5.74, 6) is 1.30. The van der Waals surface area contributed by atoms with Gasteiger partial charge in [-0.1, -0.05) is 13.8 Å². The van der Waals surface area contributed by atoms with Gasteiger partial charge in [0.05, 0.1) is 4.87 Å². The van der Waals surface area contributed by atoms with E-state index >= 15 is 0 Å². The Morgan fingerprint density at radius 2 is 2.00 bits per heavy atom. The minimum absolute atomic E-state index is 0.410. The summed E-state index contributed by atoms with van der Waals surface area (Å²) in [6.07, 6.45) is 2.65. The molecule has 0 aromatic rings. The van der Waals surface area contributed by atoms with Crippen LogP contribution in [0.25, 0.3) is 0 Å². The molecule has 1 fully saturated rings. The number of rotatable bonds is 6. The van der Waals surface area contributed by atoms with E-state index in [4.69, 9.17) is 0 Å². The van der Waals surface area contributed by atoms with Crippen molar-refractivity contribution in [3.8, 4) is 0 Å². The SMILES string of the molecule is CCN(CC)CCCC1(C)SCCN1C. The van der Waals surface area contributed by atoms with E-state index in [1.54, 1.807) is 0 Å². The monoisotopic (exact) mass is 230 g/mol. The number of thioether (sulfide) groups is 1. The van der Waals surface area contributed by atoms with E-state index in [1.165, 1.54) is 44.8 Å². The zero-order valence-electron chi connectivity index (χ0n) is 10.8. The van der Waals surface area contributed by atoms with Gasteiger partial charge in [0.1, 0.15) is 0 Å². The van der Waals surface area contributed by atoms with Gasteiger partial charge in [-0.3, -0.25) is 4.90 Å². The largest absolute Gasteiger partial charge is 0.304 e. The standard InChI is InChI=1S/C12H26N2S/c1-5-14(6-2)9-7-8-12(3)13(4)10-11-15-12/h5-11H2,1-4H3. The summed E-state index contributed by atoms with van der Waals surface area (Å²) in [6, 6.07) is 0. The minimum Gasteiger partial charge on any atom is -0.304 e. The Morgan fingerprint density at radius 1 is 1.33 bits per heavy atom. The highest BCUT2D eigenvalue weighted by atomic mass is 32.2. The maximum Gasteiger partial charge on any atom is 0.0640 e. The first-order valence-corrected chi connectivity index (χ1v) is 7.18. The van der Waals surface area contributed by atoms with Gasteiger partial charge in [0, 0.05) is 12.3 Å². The lowest BCUT2D eigenvalue weighted by Gasteiger charge is -2.32. The van der Waals surface area contributed by atoms with Crippen LogP contribution < -0.4 is 0 Å². The molecule has 0 bridgehead atoms. The molecule has 1 atom stereocenters. The average Bonchev–Trinajstić information content (AvgIpc) is 2.55. The van der Waals surface area contributed by atoms with Crippen LogP contribution in [-0.4, -0.2) is 53.7 Å². The summed E-state index contributed by atoms with van der Waals surface area (Å²) in [4.78, 5) is 5.44.